The van der Waals surface area contributed by atoms with E-state index >= 15 is 0 Å². The highest BCUT2D eigenvalue weighted by atomic mass is 35.5. The van der Waals surface area contributed by atoms with E-state index in [2.05, 4.69) is 19.2 Å². The van der Waals surface area contributed by atoms with E-state index in [0.717, 1.165) is 25.7 Å². The Morgan fingerprint density at radius 3 is 2.80 bits per heavy atom. The van der Waals surface area contributed by atoms with Gasteiger partial charge in [-0.2, -0.15) is 0 Å². The molecule has 0 saturated carbocycles. The number of hydrogen-bond acceptors (Lipinski definition) is 3. The molecule has 0 aromatic rings. The summed E-state index contributed by atoms with van der Waals surface area (Å²) in [6, 6.07) is 0.392. The van der Waals surface area contributed by atoms with Crippen LogP contribution in [-0.2, 0) is 9.53 Å². The number of ether oxygens (including phenoxy) is 1. The van der Waals surface area contributed by atoms with Crippen molar-refractivity contribution in [1.29, 1.82) is 0 Å². The molecule has 4 heteroatoms. The van der Waals surface area contributed by atoms with E-state index in [-0.39, 0.29) is 24.4 Å². The van der Waals surface area contributed by atoms with E-state index < -0.39 is 0 Å². The molecule has 0 amide bonds. The van der Waals surface area contributed by atoms with E-state index in [1.54, 1.807) is 0 Å². The van der Waals surface area contributed by atoms with Crippen molar-refractivity contribution in [3.63, 3.8) is 0 Å². The predicted molar refractivity (Wildman–Crippen MR) is 63.4 cm³/mol. The number of esters is 1. The molecule has 2 atom stereocenters. The number of nitrogens with one attached hydrogen (secondary N) is 1. The molecule has 1 heterocycles. The highest BCUT2D eigenvalue weighted by molar-refractivity contribution is 5.85. The lowest BCUT2D eigenvalue weighted by Gasteiger charge is -2.27. The summed E-state index contributed by atoms with van der Waals surface area (Å²) in [4.78, 5) is 11.5. The van der Waals surface area contributed by atoms with Crippen LogP contribution in [0.15, 0.2) is 0 Å². The molecule has 1 saturated heterocycles. The summed E-state index contributed by atoms with van der Waals surface area (Å²) >= 11 is 0. The largest absolute Gasteiger partial charge is 0.465 e. The fraction of sp³-hybridized carbons (Fsp3) is 0.909. The molecule has 15 heavy (non-hydrogen) atoms. The van der Waals surface area contributed by atoms with Gasteiger partial charge in [0.2, 0.25) is 0 Å². The molecule has 0 aromatic carbocycles. The second kappa shape index (κ2) is 7.94. The van der Waals surface area contributed by atoms with Gasteiger partial charge in [-0.3, -0.25) is 4.79 Å². The number of carbonyl (C=O) groups is 1. The van der Waals surface area contributed by atoms with Gasteiger partial charge in [-0.1, -0.05) is 13.3 Å². The molecule has 0 aliphatic carbocycles. The van der Waals surface area contributed by atoms with Gasteiger partial charge in [0.25, 0.3) is 0 Å². The van der Waals surface area contributed by atoms with E-state index in [4.69, 9.17) is 4.74 Å². The predicted octanol–water partition coefficient (Wildman–Crippen LogP) is 2.28. The minimum Gasteiger partial charge on any atom is -0.465 e. The van der Waals surface area contributed by atoms with Crippen LogP contribution in [0, 0.1) is 0 Å². The van der Waals surface area contributed by atoms with Gasteiger partial charge in [-0.05, 0) is 32.6 Å². The number of halogens is 1. The van der Waals surface area contributed by atoms with Gasteiger partial charge in [0.1, 0.15) is 6.04 Å². The average molecular weight is 236 g/mol. The molecule has 1 fully saturated rings. The van der Waals surface area contributed by atoms with E-state index in [9.17, 15) is 4.79 Å². The molecule has 1 aliphatic rings. The summed E-state index contributed by atoms with van der Waals surface area (Å²) in [5, 5.41) is 3.27. The topological polar surface area (TPSA) is 38.3 Å². The first-order valence-electron chi connectivity index (χ1n) is 5.66. The van der Waals surface area contributed by atoms with Gasteiger partial charge in [0.15, 0.2) is 0 Å². The number of hydrogen-bond donors (Lipinski definition) is 1. The Kier molecular flexibility index (Phi) is 7.79. The molecule has 0 aromatic heterocycles. The molecule has 1 rings (SSSR count). The van der Waals surface area contributed by atoms with Gasteiger partial charge in [0, 0.05) is 6.04 Å². The Balaban J connectivity index is 0.00000196. The summed E-state index contributed by atoms with van der Waals surface area (Å²) in [7, 11) is 0. The van der Waals surface area contributed by atoms with Gasteiger partial charge in [0.05, 0.1) is 6.61 Å². The number of unbranched alkanes of at least 4 members (excludes halogenated alkanes) is 1. The van der Waals surface area contributed by atoms with Crippen molar-refractivity contribution in [2.24, 2.45) is 0 Å². The Morgan fingerprint density at radius 2 is 2.20 bits per heavy atom. The SMILES string of the molecule is CCCCOC(=O)C1CCC[C@@H](C)N1.Cl. The number of piperidine rings is 1. The molecule has 1 aliphatic heterocycles. The molecule has 3 nitrogen and oxygen atoms in total. The van der Waals surface area contributed by atoms with Crippen molar-refractivity contribution in [3.05, 3.63) is 0 Å². The molecular formula is C11H22ClNO2. The Morgan fingerprint density at radius 1 is 1.47 bits per heavy atom. The highest BCUT2D eigenvalue weighted by Gasteiger charge is 2.24. The van der Waals surface area contributed by atoms with Crippen LogP contribution in [0.25, 0.3) is 0 Å². The smallest absolute Gasteiger partial charge is 0.323 e. The molecule has 0 spiro atoms. The van der Waals surface area contributed by atoms with Gasteiger partial charge in [-0.15, -0.1) is 12.4 Å². The second-order valence-electron chi connectivity index (χ2n) is 4.07. The molecule has 1 N–H and O–H groups in total. The van der Waals surface area contributed by atoms with Crippen molar-refractivity contribution in [2.75, 3.05) is 6.61 Å². The highest BCUT2D eigenvalue weighted by Crippen LogP contribution is 2.13. The zero-order valence-corrected chi connectivity index (χ0v) is 10.4. The first-order valence-corrected chi connectivity index (χ1v) is 5.66. The summed E-state index contributed by atoms with van der Waals surface area (Å²) in [5.41, 5.74) is 0. The third kappa shape index (κ3) is 5.38. The third-order valence-corrected chi connectivity index (χ3v) is 2.64. The lowest BCUT2D eigenvalue weighted by molar-refractivity contribution is -0.147. The maximum Gasteiger partial charge on any atom is 0.323 e. The molecule has 0 radical (unpaired) electrons. The lowest BCUT2D eigenvalue weighted by atomic mass is 10.00. The Bertz CT molecular complexity index is 187. The maximum atomic E-state index is 11.5. The summed E-state index contributed by atoms with van der Waals surface area (Å²) in [6.45, 7) is 4.78. The van der Waals surface area contributed by atoms with E-state index in [1.165, 1.54) is 6.42 Å². The maximum absolute atomic E-state index is 11.5. The van der Waals surface area contributed by atoms with Gasteiger partial charge >= 0.3 is 5.97 Å². The summed E-state index contributed by atoms with van der Waals surface area (Å²) < 4.78 is 5.17. The van der Waals surface area contributed by atoms with Crippen LogP contribution in [0.2, 0.25) is 0 Å². The van der Waals surface area contributed by atoms with Crippen molar-refractivity contribution in [3.8, 4) is 0 Å². The van der Waals surface area contributed by atoms with Crippen LogP contribution < -0.4 is 5.32 Å². The first-order chi connectivity index (χ1) is 6.74. The van der Waals surface area contributed by atoms with Crippen LogP contribution in [-0.4, -0.2) is 24.7 Å². The Hall–Kier alpha value is -0.280. The zero-order valence-electron chi connectivity index (χ0n) is 9.62. The normalized spacial score (nSPS) is 25.5. The van der Waals surface area contributed by atoms with Crippen molar-refractivity contribution < 1.29 is 9.53 Å². The molecular weight excluding hydrogens is 214 g/mol. The standard InChI is InChI=1S/C11H21NO2.ClH/c1-3-4-8-14-11(13)10-7-5-6-9(2)12-10;/h9-10,12H,3-8H2,1-2H3;1H/t9-,10?;/m1./s1. The molecule has 90 valence electrons. The minimum absolute atomic E-state index is 0. The van der Waals surface area contributed by atoms with Crippen LogP contribution in [0.1, 0.15) is 46.0 Å². The van der Waals surface area contributed by atoms with E-state index in [1.807, 2.05) is 0 Å². The lowest BCUT2D eigenvalue weighted by Crippen LogP contribution is -2.46. The van der Waals surface area contributed by atoms with Crippen molar-refractivity contribution in [1.82, 2.24) is 5.32 Å². The van der Waals surface area contributed by atoms with Crippen LogP contribution in [0.5, 0.6) is 0 Å². The monoisotopic (exact) mass is 235 g/mol. The number of rotatable bonds is 4. The van der Waals surface area contributed by atoms with Gasteiger partial charge in [-0.25, -0.2) is 0 Å². The molecule has 0 bridgehead atoms. The fourth-order valence-electron chi connectivity index (χ4n) is 1.74. The first kappa shape index (κ1) is 14.7. The van der Waals surface area contributed by atoms with E-state index in [0.29, 0.717) is 12.6 Å². The quantitative estimate of drug-likeness (QED) is 0.600. The average Bonchev–Trinajstić information content (AvgIpc) is 2.18. The summed E-state index contributed by atoms with van der Waals surface area (Å²) in [5.74, 6) is -0.0648. The van der Waals surface area contributed by atoms with Gasteiger partial charge < -0.3 is 10.1 Å². The van der Waals surface area contributed by atoms with Crippen molar-refractivity contribution in [2.45, 2.75) is 58.0 Å². The van der Waals surface area contributed by atoms with Crippen molar-refractivity contribution >= 4 is 18.4 Å². The second-order valence-corrected chi connectivity index (χ2v) is 4.07. The Labute approximate surface area is 98.4 Å². The minimum atomic E-state index is -0.0648. The molecule has 1 unspecified atom stereocenters. The summed E-state index contributed by atoms with van der Waals surface area (Å²) in [6.07, 6.45) is 5.26. The van der Waals surface area contributed by atoms with Crippen LogP contribution >= 0.6 is 12.4 Å². The third-order valence-electron chi connectivity index (χ3n) is 2.64. The number of carbonyl (C=O) groups excluding carboxylic acids is 1. The zero-order chi connectivity index (χ0) is 10.4. The fourth-order valence-corrected chi connectivity index (χ4v) is 1.74. The van der Waals surface area contributed by atoms with Crippen LogP contribution in [0.3, 0.4) is 0 Å². The van der Waals surface area contributed by atoms with Crippen LogP contribution in [0.4, 0.5) is 0 Å².